The highest BCUT2D eigenvalue weighted by molar-refractivity contribution is 9.10. The fourth-order valence-electron chi connectivity index (χ4n) is 3.08. The molecular formula is C24H23BrClN3O3. The van der Waals surface area contributed by atoms with E-state index in [0.29, 0.717) is 45.4 Å². The maximum absolute atomic E-state index is 13.3. The first-order valence-electron chi connectivity index (χ1n) is 10.2. The highest BCUT2D eigenvalue weighted by atomic mass is 79.9. The Morgan fingerprint density at radius 2 is 2.09 bits per heavy atom. The Labute approximate surface area is 200 Å². The van der Waals surface area contributed by atoms with E-state index in [1.54, 1.807) is 24.4 Å². The molecule has 2 aromatic carbocycles. The smallest absolute Gasteiger partial charge is 0.282 e. The fourth-order valence-corrected chi connectivity index (χ4v) is 3.72. The molecule has 1 aromatic heterocycles. The molecule has 8 heteroatoms. The summed E-state index contributed by atoms with van der Waals surface area (Å²) in [5.74, 6) is 3.86. The number of hydrogen-bond acceptors (Lipinski definition) is 5. The van der Waals surface area contributed by atoms with Gasteiger partial charge in [0.15, 0.2) is 11.5 Å². The molecule has 1 atom stereocenters. The van der Waals surface area contributed by atoms with E-state index in [1.165, 1.54) is 4.68 Å². The average molecular weight is 517 g/mol. The highest BCUT2D eigenvalue weighted by Crippen LogP contribution is 2.36. The van der Waals surface area contributed by atoms with Gasteiger partial charge in [-0.05, 0) is 49.2 Å². The van der Waals surface area contributed by atoms with E-state index in [-0.39, 0.29) is 18.1 Å². The van der Waals surface area contributed by atoms with Crippen molar-refractivity contribution in [2.45, 2.75) is 33.1 Å². The summed E-state index contributed by atoms with van der Waals surface area (Å²) in [6.07, 6.45) is 7.65. The van der Waals surface area contributed by atoms with E-state index in [9.17, 15) is 4.79 Å². The number of ether oxygens (including phenoxy) is 2. The van der Waals surface area contributed by atoms with Gasteiger partial charge >= 0.3 is 0 Å². The van der Waals surface area contributed by atoms with E-state index >= 15 is 0 Å². The van der Waals surface area contributed by atoms with Gasteiger partial charge < -0.3 is 9.47 Å². The molecule has 0 spiro atoms. The van der Waals surface area contributed by atoms with Gasteiger partial charge in [-0.1, -0.05) is 47.3 Å². The van der Waals surface area contributed by atoms with Crippen molar-refractivity contribution in [1.82, 2.24) is 9.66 Å². The fraction of sp³-hybridized carbons (Fsp3) is 0.292. The summed E-state index contributed by atoms with van der Waals surface area (Å²) in [6, 6.07) is 8.86. The molecule has 0 saturated heterocycles. The van der Waals surface area contributed by atoms with Crippen LogP contribution in [0.5, 0.6) is 11.5 Å². The van der Waals surface area contributed by atoms with E-state index in [4.69, 9.17) is 32.5 Å². The van der Waals surface area contributed by atoms with Crippen LogP contribution in [0, 0.1) is 12.3 Å². The van der Waals surface area contributed by atoms with Crippen molar-refractivity contribution in [3.05, 3.63) is 61.6 Å². The molecule has 166 valence electrons. The Balaban J connectivity index is 2.12. The summed E-state index contributed by atoms with van der Waals surface area (Å²) in [5.41, 5.74) is 1.03. The summed E-state index contributed by atoms with van der Waals surface area (Å²) >= 11 is 9.81. The van der Waals surface area contributed by atoms with Gasteiger partial charge in [0, 0.05) is 10.4 Å². The number of aromatic nitrogens is 2. The van der Waals surface area contributed by atoms with Crippen LogP contribution in [-0.4, -0.2) is 29.1 Å². The van der Waals surface area contributed by atoms with Crippen LogP contribution in [0.4, 0.5) is 0 Å². The summed E-state index contributed by atoms with van der Waals surface area (Å²) in [7, 11) is 0. The lowest BCUT2D eigenvalue weighted by molar-refractivity contribution is 0.299. The predicted molar refractivity (Wildman–Crippen MR) is 132 cm³/mol. The molecule has 0 unspecified atom stereocenters. The van der Waals surface area contributed by atoms with Gasteiger partial charge in [-0.2, -0.15) is 9.78 Å². The average Bonchev–Trinajstić information content (AvgIpc) is 2.78. The van der Waals surface area contributed by atoms with Gasteiger partial charge in [-0.15, -0.1) is 6.42 Å². The number of nitrogens with zero attached hydrogens (tertiary/aromatic N) is 3. The number of hydrogen-bond donors (Lipinski definition) is 0. The molecule has 6 nitrogen and oxygen atoms in total. The van der Waals surface area contributed by atoms with Crippen LogP contribution >= 0.6 is 27.5 Å². The molecule has 0 fully saturated rings. The standard InChI is InChI=1S/C24H23BrClN3O3/c1-5-10-32-22-19(26)11-16(12-21(22)31-7-3)14-27-29-23(15(4)6-2)28-20-9-8-17(25)13-18(20)24(29)30/h1,8-9,11-15H,6-7,10H2,2-4H3/t15-/m1/s1. The zero-order valence-electron chi connectivity index (χ0n) is 18.1. The van der Waals surface area contributed by atoms with Gasteiger partial charge in [0.25, 0.3) is 5.56 Å². The SMILES string of the molecule is C#CCOc1c(Cl)cc(C=Nn2c([C@H](C)CC)nc3ccc(Br)cc3c2=O)cc1OCC. The molecule has 0 N–H and O–H groups in total. The topological polar surface area (TPSA) is 65.7 Å². The Morgan fingerprint density at radius 1 is 1.31 bits per heavy atom. The molecule has 1 heterocycles. The van der Waals surface area contributed by atoms with Crippen LogP contribution in [-0.2, 0) is 0 Å². The van der Waals surface area contributed by atoms with Crippen LogP contribution in [0.15, 0.2) is 44.7 Å². The first-order valence-corrected chi connectivity index (χ1v) is 11.4. The summed E-state index contributed by atoms with van der Waals surface area (Å²) in [6.45, 7) is 6.40. The second-order valence-corrected chi connectivity index (χ2v) is 8.38. The maximum Gasteiger partial charge on any atom is 0.282 e. The van der Waals surface area contributed by atoms with Crippen molar-refractivity contribution < 1.29 is 9.47 Å². The minimum atomic E-state index is -0.243. The molecule has 0 aliphatic heterocycles. The van der Waals surface area contributed by atoms with Gasteiger partial charge in [0.2, 0.25) is 0 Å². The normalized spacial score (nSPS) is 12.1. The van der Waals surface area contributed by atoms with Crippen LogP contribution in [0.25, 0.3) is 10.9 Å². The van der Waals surface area contributed by atoms with Crippen molar-refractivity contribution in [2.24, 2.45) is 5.10 Å². The van der Waals surface area contributed by atoms with Gasteiger partial charge in [-0.3, -0.25) is 4.79 Å². The van der Waals surface area contributed by atoms with Crippen molar-refractivity contribution in [3.63, 3.8) is 0 Å². The third-order valence-corrected chi connectivity index (χ3v) is 5.61. The van der Waals surface area contributed by atoms with E-state index < -0.39 is 0 Å². The lowest BCUT2D eigenvalue weighted by Crippen LogP contribution is -2.23. The first-order chi connectivity index (χ1) is 15.4. The van der Waals surface area contributed by atoms with Crippen LogP contribution in [0.2, 0.25) is 5.02 Å². The number of halogens is 2. The second kappa shape index (κ2) is 10.7. The second-order valence-electron chi connectivity index (χ2n) is 7.06. The third kappa shape index (κ3) is 5.14. The highest BCUT2D eigenvalue weighted by Gasteiger charge is 2.16. The minimum absolute atomic E-state index is 0.0370. The Kier molecular flexibility index (Phi) is 7.94. The molecule has 32 heavy (non-hydrogen) atoms. The van der Waals surface area contributed by atoms with Gasteiger partial charge in [-0.25, -0.2) is 4.98 Å². The number of rotatable bonds is 8. The number of benzene rings is 2. The Hall–Kier alpha value is -2.82. The molecule has 0 radical (unpaired) electrons. The summed E-state index contributed by atoms with van der Waals surface area (Å²) < 4.78 is 13.3. The molecule has 0 aliphatic carbocycles. The zero-order valence-corrected chi connectivity index (χ0v) is 20.4. The molecule has 3 rings (SSSR count). The van der Waals surface area contributed by atoms with Crippen LogP contribution < -0.4 is 15.0 Å². The van der Waals surface area contributed by atoms with Crippen LogP contribution in [0.3, 0.4) is 0 Å². The van der Waals surface area contributed by atoms with Crippen molar-refractivity contribution in [2.75, 3.05) is 13.2 Å². The first kappa shape index (κ1) is 23.8. The Morgan fingerprint density at radius 3 is 2.78 bits per heavy atom. The summed E-state index contributed by atoms with van der Waals surface area (Å²) in [4.78, 5) is 18.0. The molecule has 0 amide bonds. The number of fused-ring (bicyclic) bond motifs is 1. The number of terminal acetylenes is 1. The quantitative estimate of drug-likeness (QED) is 0.288. The van der Waals surface area contributed by atoms with Crippen LogP contribution in [0.1, 0.15) is 44.5 Å². The molecule has 3 aromatic rings. The largest absolute Gasteiger partial charge is 0.490 e. The third-order valence-electron chi connectivity index (χ3n) is 4.84. The molecule has 0 aliphatic rings. The molecular weight excluding hydrogens is 494 g/mol. The van der Waals surface area contributed by atoms with E-state index in [1.807, 2.05) is 32.9 Å². The molecule has 0 saturated carbocycles. The Bertz CT molecular complexity index is 1260. The zero-order chi connectivity index (χ0) is 23.3. The molecule has 0 bridgehead atoms. The summed E-state index contributed by atoms with van der Waals surface area (Å²) in [5, 5.41) is 5.29. The van der Waals surface area contributed by atoms with Gasteiger partial charge in [0.05, 0.1) is 28.7 Å². The van der Waals surface area contributed by atoms with Gasteiger partial charge in [0.1, 0.15) is 12.4 Å². The minimum Gasteiger partial charge on any atom is -0.490 e. The van der Waals surface area contributed by atoms with Crippen molar-refractivity contribution in [1.29, 1.82) is 0 Å². The predicted octanol–water partition coefficient (Wildman–Crippen LogP) is 5.62. The maximum atomic E-state index is 13.3. The lowest BCUT2D eigenvalue weighted by Gasteiger charge is -2.14. The monoisotopic (exact) mass is 515 g/mol. The van der Waals surface area contributed by atoms with Crippen molar-refractivity contribution in [3.8, 4) is 23.8 Å². The van der Waals surface area contributed by atoms with E-state index in [2.05, 4.69) is 27.0 Å². The van der Waals surface area contributed by atoms with Crippen molar-refractivity contribution >= 4 is 44.6 Å². The lowest BCUT2D eigenvalue weighted by atomic mass is 10.1. The van der Waals surface area contributed by atoms with E-state index in [0.717, 1.165) is 10.9 Å².